The number of sulfone groups is 1. The average Bonchev–Trinajstić information content (AvgIpc) is 2.18. The summed E-state index contributed by atoms with van der Waals surface area (Å²) in [6, 6.07) is 5.42. The monoisotopic (exact) mass is 239 g/mol. The third-order valence-corrected chi connectivity index (χ3v) is 4.91. The first-order valence-electron chi connectivity index (χ1n) is 5.51. The number of anilines is 1. The van der Waals surface area contributed by atoms with Crippen molar-refractivity contribution in [1.29, 1.82) is 0 Å². The minimum atomic E-state index is -3.12. The highest BCUT2D eigenvalue weighted by Gasteiger charge is 2.31. The molecule has 1 aliphatic heterocycles. The van der Waals surface area contributed by atoms with Gasteiger partial charge >= 0.3 is 0 Å². The molecule has 1 aromatic carbocycles. The summed E-state index contributed by atoms with van der Waals surface area (Å²) in [5.74, 6) is 0.503. The predicted molar refractivity (Wildman–Crippen MR) is 65.5 cm³/mol. The van der Waals surface area contributed by atoms with Crippen LogP contribution in [-0.4, -0.2) is 20.2 Å². The zero-order valence-electron chi connectivity index (χ0n) is 9.82. The summed E-state index contributed by atoms with van der Waals surface area (Å²) in [6.07, 6.45) is 0. The van der Waals surface area contributed by atoms with Gasteiger partial charge in [0, 0.05) is 6.04 Å². The molecule has 0 bridgehead atoms. The lowest BCUT2D eigenvalue weighted by molar-refractivity contribution is 0.531. The van der Waals surface area contributed by atoms with E-state index >= 15 is 0 Å². The molecule has 0 saturated carbocycles. The van der Waals surface area contributed by atoms with E-state index in [2.05, 4.69) is 5.32 Å². The van der Waals surface area contributed by atoms with Gasteiger partial charge in [-0.1, -0.05) is 26.0 Å². The fourth-order valence-corrected chi connectivity index (χ4v) is 3.93. The van der Waals surface area contributed by atoms with Crippen molar-refractivity contribution >= 4 is 15.5 Å². The Balaban J connectivity index is 2.57. The topological polar surface area (TPSA) is 46.2 Å². The van der Waals surface area contributed by atoms with Crippen molar-refractivity contribution in [2.75, 3.05) is 11.1 Å². The maximum Gasteiger partial charge on any atom is 0.182 e. The van der Waals surface area contributed by atoms with Gasteiger partial charge in [-0.3, -0.25) is 0 Å². The minimum absolute atomic E-state index is 0.0126. The molecule has 16 heavy (non-hydrogen) atoms. The maximum atomic E-state index is 12.1. The summed E-state index contributed by atoms with van der Waals surface area (Å²) in [5, 5.41) is 3.34. The molecule has 4 heteroatoms. The second-order valence-electron chi connectivity index (χ2n) is 4.72. The molecule has 1 aromatic rings. The minimum Gasteiger partial charge on any atom is -0.380 e. The van der Waals surface area contributed by atoms with Crippen LogP contribution in [0.2, 0.25) is 0 Å². The molecule has 1 atom stereocenters. The van der Waals surface area contributed by atoms with Crippen LogP contribution in [0.15, 0.2) is 23.1 Å². The zero-order chi connectivity index (χ0) is 11.9. The predicted octanol–water partition coefficient (Wildman–Crippen LogP) is 2.22. The number of nitrogens with one attached hydrogen (secondary N) is 1. The molecule has 1 aliphatic rings. The normalized spacial score (nSPS) is 22.6. The largest absolute Gasteiger partial charge is 0.380 e. The highest BCUT2D eigenvalue weighted by Crippen LogP contribution is 2.32. The van der Waals surface area contributed by atoms with E-state index in [1.165, 1.54) is 0 Å². The average molecular weight is 239 g/mol. The van der Waals surface area contributed by atoms with Crippen LogP contribution >= 0.6 is 0 Å². The molecule has 1 heterocycles. The molecular formula is C12H17NO2S. The van der Waals surface area contributed by atoms with E-state index in [1.54, 1.807) is 12.1 Å². The van der Waals surface area contributed by atoms with Gasteiger partial charge in [-0.05, 0) is 24.5 Å². The number of aryl methyl sites for hydroxylation is 1. The van der Waals surface area contributed by atoms with Crippen molar-refractivity contribution in [3.05, 3.63) is 23.8 Å². The number of para-hydroxylation sites is 1. The molecule has 0 spiro atoms. The van der Waals surface area contributed by atoms with Crippen LogP contribution in [-0.2, 0) is 9.84 Å². The summed E-state index contributed by atoms with van der Waals surface area (Å²) in [6.45, 7) is 6.01. The van der Waals surface area contributed by atoms with Gasteiger partial charge in [0.1, 0.15) is 0 Å². The Kier molecular flexibility index (Phi) is 2.70. The van der Waals surface area contributed by atoms with Gasteiger partial charge < -0.3 is 5.32 Å². The summed E-state index contributed by atoms with van der Waals surface area (Å²) in [4.78, 5) is 0.449. The molecule has 0 radical (unpaired) electrons. The van der Waals surface area contributed by atoms with Gasteiger partial charge in [-0.25, -0.2) is 8.42 Å². The Bertz CT molecular complexity index is 506. The molecule has 0 aromatic heterocycles. The van der Waals surface area contributed by atoms with Crippen molar-refractivity contribution in [3.63, 3.8) is 0 Å². The van der Waals surface area contributed by atoms with Crippen LogP contribution in [0.4, 0.5) is 5.69 Å². The third-order valence-electron chi connectivity index (χ3n) is 3.10. The Labute approximate surface area is 96.8 Å². The molecule has 1 unspecified atom stereocenters. The highest BCUT2D eigenvalue weighted by molar-refractivity contribution is 7.91. The smallest absolute Gasteiger partial charge is 0.182 e. The van der Waals surface area contributed by atoms with Gasteiger partial charge in [0.25, 0.3) is 0 Å². The number of rotatable bonds is 1. The molecule has 0 amide bonds. The van der Waals surface area contributed by atoms with Gasteiger partial charge in [0.15, 0.2) is 9.84 Å². The Morgan fingerprint density at radius 3 is 2.69 bits per heavy atom. The lowest BCUT2D eigenvalue weighted by atomic mass is 10.0. The second kappa shape index (κ2) is 3.77. The van der Waals surface area contributed by atoms with Crippen LogP contribution in [0, 0.1) is 12.8 Å². The van der Waals surface area contributed by atoms with E-state index in [0.29, 0.717) is 10.8 Å². The molecule has 1 N–H and O–H groups in total. The highest BCUT2D eigenvalue weighted by atomic mass is 32.2. The Morgan fingerprint density at radius 1 is 1.38 bits per heavy atom. The van der Waals surface area contributed by atoms with Crippen LogP contribution in [0.3, 0.4) is 0 Å². The van der Waals surface area contributed by atoms with Crippen molar-refractivity contribution in [1.82, 2.24) is 0 Å². The van der Waals surface area contributed by atoms with E-state index in [-0.39, 0.29) is 11.8 Å². The number of benzene rings is 1. The van der Waals surface area contributed by atoms with E-state index in [0.717, 1.165) is 11.3 Å². The van der Waals surface area contributed by atoms with Crippen molar-refractivity contribution in [2.45, 2.75) is 31.7 Å². The third kappa shape index (κ3) is 1.82. The number of fused-ring (bicyclic) bond motifs is 1. The molecule has 0 aliphatic carbocycles. The van der Waals surface area contributed by atoms with E-state index in [9.17, 15) is 8.42 Å². The quantitative estimate of drug-likeness (QED) is 0.817. The summed E-state index contributed by atoms with van der Waals surface area (Å²) in [7, 11) is -3.12. The summed E-state index contributed by atoms with van der Waals surface area (Å²) in [5.41, 5.74) is 1.78. The summed E-state index contributed by atoms with van der Waals surface area (Å²) >= 11 is 0. The van der Waals surface area contributed by atoms with E-state index < -0.39 is 9.84 Å². The molecule has 3 nitrogen and oxygen atoms in total. The van der Waals surface area contributed by atoms with Crippen LogP contribution < -0.4 is 5.32 Å². The lowest BCUT2D eigenvalue weighted by Crippen LogP contribution is -2.38. The molecule has 88 valence electrons. The Morgan fingerprint density at radius 2 is 2.06 bits per heavy atom. The van der Waals surface area contributed by atoms with Crippen LogP contribution in [0.25, 0.3) is 0 Å². The number of hydrogen-bond acceptors (Lipinski definition) is 3. The van der Waals surface area contributed by atoms with Crippen molar-refractivity contribution < 1.29 is 8.42 Å². The fraction of sp³-hybridized carbons (Fsp3) is 0.500. The maximum absolute atomic E-state index is 12.1. The van der Waals surface area contributed by atoms with Gasteiger partial charge in [-0.2, -0.15) is 0 Å². The van der Waals surface area contributed by atoms with Crippen molar-refractivity contribution in [2.24, 2.45) is 5.92 Å². The van der Waals surface area contributed by atoms with Gasteiger partial charge in [0.2, 0.25) is 0 Å². The molecule has 0 fully saturated rings. The lowest BCUT2D eigenvalue weighted by Gasteiger charge is -2.30. The van der Waals surface area contributed by atoms with E-state index in [4.69, 9.17) is 0 Å². The van der Waals surface area contributed by atoms with Gasteiger partial charge in [-0.15, -0.1) is 0 Å². The van der Waals surface area contributed by atoms with Crippen LogP contribution in [0.1, 0.15) is 19.4 Å². The molecular weight excluding hydrogens is 222 g/mol. The molecule has 0 saturated heterocycles. The SMILES string of the molecule is Cc1cccc2c1NC(C(C)C)CS2(=O)=O. The fourth-order valence-electron chi connectivity index (χ4n) is 2.00. The first kappa shape index (κ1) is 11.5. The second-order valence-corrected chi connectivity index (χ2v) is 6.73. The first-order valence-corrected chi connectivity index (χ1v) is 7.16. The summed E-state index contributed by atoms with van der Waals surface area (Å²) < 4.78 is 24.2. The van der Waals surface area contributed by atoms with Gasteiger partial charge in [0.05, 0.1) is 16.3 Å². The number of hydrogen-bond donors (Lipinski definition) is 1. The first-order chi connectivity index (χ1) is 7.42. The standard InChI is InChI=1S/C12H17NO2S/c1-8(2)10-7-16(14,15)11-6-4-5-9(3)12(11)13-10/h4-6,8,10,13H,7H2,1-3H3. The van der Waals surface area contributed by atoms with E-state index in [1.807, 2.05) is 26.8 Å². The van der Waals surface area contributed by atoms with Crippen LogP contribution in [0.5, 0.6) is 0 Å². The zero-order valence-corrected chi connectivity index (χ0v) is 10.6. The Hall–Kier alpha value is -1.03. The molecule has 2 rings (SSSR count). The van der Waals surface area contributed by atoms with Crippen molar-refractivity contribution in [3.8, 4) is 0 Å².